The molecule has 1 fully saturated rings. The summed E-state index contributed by atoms with van der Waals surface area (Å²) in [6.45, 7) is 2.87. The van der Waals surface area contributed by atoms with Gasteiger partial charge in [0.15, 0.2) is 0 Å². The topological polar surface area (TPSA) is 75.7 Å². The minimum atomic E-state index is -3.44. The lowest BCUT2D eigenvalue weighted by molar-refractivity contribution is 0.0393. The van der Waals surface area contributed by atoms with E-state index in [1.54, 1.807) is 6.92 Å². The maximum Gasteiger partial charge on any atom is 0.251 e. The number of benzene rings is 1. The number of carbonyl (C=O) groups excluding carboxylic acids is 1. The fraction of sp³-hybridized carbons (Fsp3) is 0.500. The highest BCUT2D eigenvalue weighted by atomic mass is 32.2. The maximum absolute atomic E-state index is 12.8. The van der Waals surface area contributed by atoms with Crippen LogP contribution in [-0.4, -0.2) is 56.7 Å². The van der Waals surface area contributed by atoms with Crippen LogP contribution in [-0.2, 0) is 14.8 Å². The van der Waals surface area contributed by atoms with Crippen molar-refractivity contribution in [2.75, 3.05) is 32.1 Å². The lowest BCUT2D eigenvalue weighted by Gasteiger charge is -2.32. The van der Waals surface area contributed by atoms with Crippen molar-refractivity contribution in [3.8, 4) is 0 Å². The van der Waals surface area contributed by atoms with Gasteiger partial charge in [-0.25, -0.2) is 12.8 Å². The first-order valence-corrected chi connectivity index (χ1v) is 8.62. The number of halogens is 1. The van der Waals surface area contributed by atoms with Gasteiger partial charge in [0, 0.05) is 24.7 Å². The molecule has 0 aliphatic carbocycles. The Morgan fingerprint density at radius 3 is 2.73 bits per heavy atom. The van der Waals surface area contributed by atoms with Crippen molar-refractivity contribution in [1.29, 1.82) is 0 Å². The van der Waals surface area contributed by atoms with E-state index < -0.39 is 21.7 Å². The molecule has 1 aromatic carbocycles. The van der Waals surface area contributed by atoms with Gasteiger partial charge in [-0.05, 0) is 31.2 Å². The van der Waals surface area contributed by atoms with Gasteiger partial charge in [-0.3, -0.25) is 4.79 Å². The van der Waals surface area contributed by atoms with Crippen molar-refractivity contribution in [3.63, 3.8) is 0 Å². The number of hydrogen-bond donors (Lipinski definition) is 1. The summed E-state index contributed by atoms with van der Waals surface area (Å²) in [5, 5.41) is 2.53. The number of hydrogen-bond acceptors (Lipinski definition) is 4. The van der Waals surface area contributed by atoms with Crippen molar-refractivity contribution < 1.29 is 22.3 Å². The van der Waals surface area contributed by atoms with E-state index in [4.69, 9.17) is 4.74 Å². The molecule has 0 aromatic heterocycles. The van der Waals surface area contributed by atoms with E-state index in [0.717, 1.165) is 0 Å². The van der Waals surface area contributed by atoms with E-state index in [1.807, 2.05) is 0 Å². The summed E-state index contributed by atoms with van der Waals surface area (Å²) >= 11 is 0. The first kappa shape index (κ1) is 16.9. The second-order valence-corrected chi connectivity index (χ2v) is 7.15. The molecular formula is C14H19FN2O4S. The largest absolute Gasteiger partial charge is 0.378 e. The molecule has 1 aliphatic heterocycles. The average Bonchev–Trinajstić information content (AvgIpc) is 2.48. The summed E-state index contributed by atoms with van der Waals surface area (Å²) in [6.07, 6.45) is 0. The number of nitrogens with one attached hydrogen (secondary N) is 1. The highest BCUT2D eigenvalue weighted by Gasteiger charge is 2.29. The number of morpholine rings is 1. The minimum Gasteiger partial charge on any atom is -0.378 e. The van der Waals surface area contributed by atoms with Gasteiger partial charge in [0.1, 0.15) is 5.82 Å². The summed E-state index contributed by atoms with van der Waals surface area (Å²) in [5.41, 5.74) is 0.290. The number of carbonyl (C=O) groups is 1. The SMILES string of the molecule is CC1COCCN1S(=O)(=O)CCNC(=O)c1ccc(F)cc1. The summed E-state index contributed by atoms with van der Waals surface area (Å²) in [4.78, 5) is 11.8. The van der Waals surface area contributed by atoms with Crippen LogP contribution in [0.3, 0.4) is 0 Å². The Bertz CT molecular complexity index is 618. The van der Waals surface area contributed by atoms with Crippen molar-refractivity contribution >= 4 is 15.9 Å². The van der Waals surface area contributed by atoms with Crippen LogP contribution < -0.4 is 5.32 Å². The van der Waals surface area contributed by atoms with Crippen LogP contribution in [0.1, 0.15) is 17.3 Å². The molecule has 1 N–H and O–H groups in total. The van der Waals surface area contributed by atoms with Crippen molar-refractivity contribution in [2.45, 2.75) is 13.0 Å². The van der Waals surface area contributed by atoms with Crippen molar-refractivity contribution in [1.82, 2.24) is 9.62 Å². The molecule has 122 valence electrons. The highest BCUT2D eigenvalue weighted by Crippen LogP contribution is 2.12. The Balaban J connectivity index is 1.87. The van der Waals surface area contributed by atoms with Crippen LogP contribution in [0.2, 0.25) is 0 Å². The zero-order valence-electron chi connectivity index (χ0n) is 12.3. The van der Waals surface area contributed by atoms with Gasteiger partial charge in [0.2, 0.25) is 10.0 Å². The molecule has 6 nitrogen and oxygen atoms in total. The Hall–Kier alpha value is -1.51. The third kappa shape index (κ3) is 4.25. The lowest BCUT2D eigenvalue weighted by Crippen LogP contribution is -2.49. The van der Waals surface area contributed by atoms with Crippen molar-refractivity contribution in [2.24, 2.45) is 0 Å². The van der Waals surface area contributed by atoms with Gasteiger partial charge in [-0.1, -0.05) is 0 Å². The average molecular weight is 330 g/mol. The number of ether oxygens (including phenoxy) is 1. The van der Waals surface area contributed by atoms with Gasteiger partial charge in [-0.2, -0.15) is 4.31 Å². The molecule has 0 saturated carbocycles. The molecule has 2 rings (SSSR count). The van der Waals surface area contributed by atoms with E-state index in [1.165, 1.54) is 28.6 Å². The molecule has 0 radical (unpaired) electrons. The minimum absolute atomic E-state index is 0.00260. The number of nitrogens with zero attached hydrogens (tertiary/aromatic N) is 1. The summed E-state index contributed by atoms with van der Waals surface area (Å²) < 4.78 is 43.8. The quantitative estimate of drug-likeness (QED) is 0.858. The second kappa shape index (κ2) is 7.17. The molecule has 8 heteroatoms. The lowest BCUT2D eigenvalue weighted by atomic mass is 10.2. The Morgan fingerprint density at radius 1 is 1.41 bits per heavy atom. The molecule has 1 heterocycles. The summed E-state index contributed by atoms with van der Waals surface area (Å²) in [6, 6.07) is 4.86. The van der Waals surface area contributed by atoms with Crippen LogP contribution in [0.25, 0.3) is 0 Å². The van der Waals surface area contributed by atoms with E-state index in [9.17, 15) is 17.6 Å². The number of sulfonamides is 1. The molecule has 1 aromatic rings. The third-order valence-electron chi connectivity index (χ3n) is 3.42. The molecule has 1 aliphatic rings. The number of amides is 1. The normalized spacial score (nSPS) is 19.8. The first-order valence-electron chi connectivity index (χ1n) is 7.01. The second-order valence-electron chi connectivity index (χ2n) is 5.11. The van der Waals surface area contributed by atoms with E-state index in [2.05, 4.69) is 5.32 Å². The Morgan fingerprint density at radius 2 is 2.09 bits per heavy atom. The van der Waals surface area contributed by atoms with Gasteiger partial charge >= 0.3 is 0 Å². The van der Waals surface area contributed by atoms with Gasteiger partial charge < -0.3 is 10.1 Å². The third-order valence-corrected chi connectivity index (χ3v) is 5.39. The molecule has 1 atom stereocenters. The highest BCUT2D eigenvalue weighted by molar-refractivity contribution is 7.89. The van der Waals surface area contributed by atoms with E-state index in [0.29, 0.717) is 25.3 Å². The standard InChI is InChI=1S/C14H19FN2O4S/c1-11-10-21-8-7-17(11)22(19,20)9-6-16-14(18)12-2-4-13(15)5-3-12/h2-5,11H,6-10H2,1H3,(H,16,18). The number of rotatable bonds is 5. The van der Waals surface area contributed by atoms with Crippen LogP contribution in [0, 0.1) is 5.82 Å². The van der Waals surface area contributed by atoms with Gasteiger partial charge in [-0.15, -0.1) is 0 Å². The molecular weight excluding hydrogens is 311 g/mol. The summed E-state index contributed by atoms with van der Waals surface area (Å²) in [7, 11) is -3.44. The molecule has 1 unspecified atom stereocenters. The zero-order valence-corrected chi connectivity index (χ0v) is 13.1. The predicted molar refractivity (Wildman–Crippen MR) is 79.5 cm³/mol. The predicted octanol–water partition coefficient (Wildman–Crippen LogP) is 0.606. The summed E-state index contributed by atoms with van der Waals surface area (Å²) in [5.74, 6) is -1.03. The molecule has 0 bridgehead atoms. The molecule has 0 spiro atoms. The van der Waals surface area contributed by atoms with Crippen LogP contribution >= 0.6 is 0 Å². The van der Waals surface area contributed by atoms with E-state index >= 15 is 0 Å². The van der Waals surface area contributed by atoms with Crippen molar-refractivity contribution in [3.05, 3.63) is 35.6 Å². The van der Waals surface area contributed by atoms with Crippen LogP contribution in [0.15, 0.2) is 24.3 Å². The molecule has 22 heavy (non-hydrogen) atoms. The van der Waals surface area contributed by atoms with E-state index in [-0.39, 0.29) is 18.3 Å². The molecule has 1 saturated heterocycles. The first-order chi connectivity index (χ1) is 10.4. The van der Waals surface area contributed by atoms with Gasteiger partial charge in [0.05, 0.1) is 19.0 Å². The maximum atomic E-state index is 12.8. The van der Waals surface area contributed by atoms with Crippen LogP contribution in [0.5, 0.6) is 0 Å². The molecule has 1 amide bonds. The Kier molecular flexibility index (Phi) is 5.49. The fourth-order valence-corrected chi connectivity index (χ4v) is 3.80. The zero-order chi connectivity index (χ0) is 16.2. The monoisotopic (exact) mass is 330 g/mol. The Labute approximate surface area is 129 Å². The fourth-order valence-electron chi connectivity index (χ4n) is 2.24. The van der Waals surface area contributed by atoms with Crippen LogP contribution in [0.4, 0.5) is 4.39 Å². The smallest absolute Gasteiger partial charge is 0.251 e. The van der Waals surface area contributed by atoms with Gasteiger partial charge in [0.25, 0.3) is 5.91 Å².